The van der Waals surface area contributed by atoms with Crippen LogP contribution in [-0.2, 0) is 4.79 Å². The number of rotatable bonds is 8. The molecule has 4 rings (SSSR count). The fourth-order valence-corrected chi connectivity index (χ4v) is 4.33. The molecule has 10 nitrogen and oxygen atoms in total. The van der Waals surface area contributed by atoms with Crippen molar-refractivity contribution in [2.24, 2.45) is 5.73 Å². The first-order chi connectivity index (χ1) is 16.6. The van der Waals surface area contributed by atoms with Gasteiger partial charge >= 0.3 is 6.03 Å². The van der Waals surface area contributed by atoms with Gasteiger partial charge in [0.05, 0.1) is 5.60 Å². The number of benzene rings is 1. The van der Waals surface area contributed by atoms with Crippen LogP contribution in [0.4, 0.5) is 10.5 Å². The Kier molecular flexibility index (Phi) is 6.93. The highest BCUT2D eigenvalue weighted by molar-refractivity contribution is 6.12. The van der Waals surface area contributed by atoms with E-state index in [2.05, 4.69) is 4.98 Å². The number of imide groups is 1. The lowest BCUT2D eigenvalue weighted by Crippen LogP contribution is -2.44. The molecule has 4 amide bonds. The van der Waals surface area contributed by atoms with Gasteiger partial charge in [0.25, 0.3) is 11.8 Å². The summed E-state index contributed by atoms with van der Waals surface area (Å²) >= 11 is 0. The van der Waals surface area contributed by atoms with Gasteiger partial charge in [0, 0.05) is 24.0 Å². The molecule has 0 atom stereocenters. The molecular weight excluding hydrogens is 452 g/mol. The Morgan fingerprint density at radius 3 is 2.60 bits per heavy atom. The number of nitrogens with zero attached hydrogens (tertiary/aromatic N) is 3. The van der Waals surface area contributed by atoms with E-state index in [1.807, 2.05) is 0 Å². The third-order valence-electron chi connectivity index (χ3n) is 6.04. The predicted molar refractivity (Wildman–Crippen MR) is 127 cm³/mol. The standard InChI is InChI=1S/C25H30N4O6/c1-25(2,33)15-34-19-6-3-5-17(13-19)28-14-21(30)29(24(28)32)16-8-10-18(11-9-16)35-23-20(22(26)31)7-4-12-27-23/h3-7,12-13,16,18,33H,8-11,14-15H2,1-2H3,(H2,26,31). The van der Waals surface area contributed by atoms with Gasteiger partial charge in [-0.1, -0.05) is 6.07 Å². The van der Waals surface area contributed by atoms with Gasteiger partial charge in [-0.2, -0.15) is 0 Å². The Morgan fingerprint density at radius 2 is 1.91 bits per heavy atom. The molecular formula is C25H30N4O6. The van der Waals surface area contributed by atoms with E-state index in [-0.39, 0.29) is 48.7 Å². The monoisotopic (exact) mass is 482 g/mol. The number of pyridine rings is 1. The lowest BCUT2D eigenvalue weighted by Gasteiger charge is -2.33. The van der Waals surface area contributed by atoms with Crippen LogP contribution in [0.1, 0.15) is 49.9 Å². The number of anilines is 1. The van der Waals surface area contributed by atoms with Gasteiger partial charge in [-0.25, -0.2) is 9.78 Å². The number of carbonyl (C=O) groups excluding carboxylic acids is 3. The fourth-order valence-electron chi connectivity index (χ4n) is 4.33. The van der Waals surface area contributed by atoms with Gasteiger partial charge in [0.2, 0.25) is 5.88 Å². The first-order valence-corrected chi connectivity index (χ1v) is 11.6. The summed E-state index contributed by atoms with van der Waals surface area (Å²) in [6, 6.07) is 9.52. The SMILES string of the molecule is CC(C)(O)COc1cccc(N2CC(=O)N(C3CCC(Oc4ncccc4C(N)=O)CC3)C2=O)c1. The number of amides is 4. The fraction of sp³-hybridized carbons (Fsp3) is 0.440. The molecule has 1 aromatic carbocycles. The molecule has 186 valence electrons. The molecule has 10 heteroatoms. The van der Waals surface area contributed by atoms with E-state index in [1.54, 1.807) is 50.2 Å². The van der Waals surface area contributed by atoms with E-state index in [0.29, 0.717) is 37.1 Å². The summed E-state index contributed by atoms with van der Waals surface area (Å²) in [4.78, 5) is 44.5. The molecule has 2 aromatic rings. The first-order valence-electron chi connectivity index (χ1n) is 11.6. The molecule has 0 radical (unpaired) electrons. The van der Waals surface area contributed by atoms with Crippen LogP contribution in [0, 0.1) is 0 Å². The van der Waals surface area contributed by atoms with Crippen LogP contribution in [0.2, 0.25) is 0 Å². The van der Waals surface area contributed by atoms with Gasteiger partial charge in [-0.3, -0.25) is 19.4 Å². The molecule has 1 aromatic heterocycles. The van der Waals surface area contributed by atoms with E-state index in [0.717, 1.165) is 0 Å². The molecule has 0 unspecified atom stereocenters. The van der Waals surface area contributed by atoms with Crippen LogP contribution in [0.25, 0.3) is 0 Å². The quantitative estimate of drug-likeness (QED) is 0.552. The van der Waals surface area contributed by atoms with Crippen molar-refractivity contribution in [3.8, 4) is 11.6 Å². The third-order valence-corrected chi connectivity index (χ3v) is 6.04. The van der Waals surface area contributed by atoms with E-state index >= 15 is 0 Å². The maximum Gasteiger partial charge on any atom is 0.331 e. The Bertz CT molecular complexity index is 1110. The highest BCUT2D eigenvalue weighted by atomic mass is 16.5. The molecule has 0 spiro atoms. The number of aromatic nitrogens is 1. The highest BCUT2D eigenvalue weighted by Crippen LogP contribution is 2.32. The van der Waals surface area contributed by atoms with Crippen molar-refractivity contribution in [3.05, 3.63) is 48.2 Å². The third kappa shape index (κ3) is 5.71. The number of carbonyl (C=O) groups is 3. The summed E-state index contributed by atoms with van der Waals surface area (Å²) in [5.74, 6) is -0.145. The molecule has 35 heavy (non-hydrogen) atoms. The zero-order valence-corrected chi connectivity index (χ0v) is 19.8. The average molecular weight is 483 g/mol. The summed E-state index contributed by atoms with van der Waals surface area (Å²) < 4.78 is 11.5. The van der Waals surface area contributed by atoms with Crippen molar-refractivity contribution in [2.75, 3.05) is 18.1 Å². The lowest BCUT2D eigenvalue weighted by atomic mass is 9.92. The van der Waals surface area contributed by atoms with E-state index < -0.39 is 11.5 Å². The number of hydrogen-bond donors (Lipinski definition) is 2. The largest absolute Gasteiger partial charge is 0.491 e. The molecule has 1 aliphatic carbocycles. The van der Waals surface area contributed by atoms with Gasteiger partial charge in [-0.05, 0) is 63.8 Å². The minimum atomic E-state index is -0.993. The maximum absolute atomic E-state index is 13.2. The Labute approximate surface area is 203 Å². The zero-order chi connectivity index (χ0) is 25.2. The number of nitrogens with two attached hydrogens (primary N) is 1. The minimum absolute atomic E-state index is 0.0416. The second-order valence-corrected chi connectivity index (χ2v) is 9.50. The van der Waals surface area contributed by atoms with Crippen LogP contribution in [-0.4, -0.2) is 63.7 Å². The smallest absolute Gasteiger partial charge is 0.331 e. The minimum Gasteiger partial charge on any atom is -0.491 e. The van der Waals surface area contributed by atoms with Gasteiger partial charge < -0.3 is 20.3 Å². The predicted octanol–water partition coefficient (Wildman–Crippen LogP) is 2.49. The highest BCUT2D eigenvalue weighted by Gasteiger charge is 2.42. The number of ether oxygens (including phenoxy) is 2. The Balaban J connectivity index is 1.38. The molecule has 3 N–H and O–H groups in total. The average Bonchev–Trinajstić information content (AvgIpc) is 3.12. The van der Waals surface area contributed by atoms with Crippen LogP contribution in [0.15, 0.2) is 42.6 Å². The van der Waals surface area contributed by atoms with Crippen molar-refractivity contribution < 1.29 is 29.0 Å². The number of aliphatic hydroxyl groups is 1. The second-order valence-electron chi connectivity index (χ2n) is 9.50. The molecule has 2 aliphatic rings. The zero-order valence-electron chi connectivity index (χ0n) is 19.8. The van der Waals surface area contributed by atoms with E-state index in [1.165, 1.54) is 16.0 Å². The lowest BCUT2D eigenvalue weighted by molar-refractivity contribution is -0.127. The summed E-state index contributed by atoms with van der Waals surface area (Å²) in [6.07, 6.45) is 3.74. The van der Waals surface area contributed by atoms with Crippen molar-refractivity contribution >= 4 is 23.5 Å². The second kappa shape index (κ2) is 9.91. The number of hydrogen-bond acceptors (Lipinski definition) is 7. The summed E-state index contributed by atoms with van der Waals surface area (Å²) in [5, 5.41) is 9.88. The van der Waals surface area contributed by atoms with Crippen LogP contribution in [0.3, 0.4) is 0 Å². The first kappa shape index (κ1) is 24.5. The normalized spacial score (nSPS) is 20.8. The number of primary amides is 1. The molecule has 2 heterocycles. The Morgan fingerprint density at radius 1 is 1.17 bits per heavy atom. The van der Waals surface area contributed by atoms with Crippen molar-refractivity contribution in [2.45, 2.75) is 57.3 Å². The van der Waals surface area contributed by atoms with E-state index in [9.17, 15) is 19.5 Å². The van der Waals surface area contributed by atoms with Crippen LogP contribution >= 0.6 is 0 Å². The molecule has 1 saturated heterocycles. The molecule has 2 fully saturated rings. The van der Waals surface area contributed by atoms with Crippen LogP contribution in [0.5, 0.6) is 11.6 Å². The number of urea groups is 1. The van der Waals surface area contributed by atoms with Crippen molar-refractivity contribution in [3.63, 3.8) is 0 Å². The van der Waals surface area contributed by atoms with E-state index in [4.69, 9.17) is 15.2 Å². The van der Waals surface area contributed by atoms with Crippen molar-refractivity contribution in [1.29, 1.82) is 0 Å². The van der Waals surface area contributed by atoms with Crippen LogP contribution < -0.4 is 20.1 Å². The van der Waals surface area contributed by atoms with Gasteiger partial charge in [-0.15, -0.1) is 0 Å². The Hall–Kier alpha value is -3.66. The molecule has 1 saturated carbocycles. The topological polar surface area (TPSA) is 135 Å². The van der Waals surface area contributed by atoms with Gasteiger partial charge in [0.15, 0.2) is 0 Å². The maximum atomic E-state index is 13.2. The molecule has 1 aliphatic heterocycles. The summed E-state index contributed by atoms with van der Waals surface area (Å²) in [6.45, 7) is 3.34. The molecule has 0 bridgehead atoms. The summed E-state index contributed by atoms with van der Waals surface area (Å²) in [5.41, 5.74) is 5.19. The van der Waals surface area contributed by atoms with Crippen molar-refractivity contribution in [1.82, 2.24) is 9.88 Å². The van der Waals surface area contributed by atoms with Gasteiger partial charge in [0.1, 0.15) is 30.6 Å². The summed E-state index contributed by atoms with van der Waals surface area (Å²) in [7, 11) is 0.